The van der Waals surface area contributed by atoms with Crippen LogP contribution in [0.25, 0.3) is 0 Å². The van der Waals surface area contributed by atoms with Crippen molar-refractivity contribution in [3.8, 4) is 0 Å². The fraction of sp³-hybridized carbons (Fsp3) is 1.00. The highest BCUT2D eigenvalue weighted by Crippen LogP contribution is 2.05. The van der Waals surface area contributed by atoms with Crippen molar-refractivity contribution in [1.29, 1.82) is 0 Å². The molecule has 0 saturated carbocycles. The van der Waals surface area contributed by atoms with E-state index in [9.17, 15) is 0 Å². The van der Waals surface area contributed by atoms with Crippen LogP contribution in [0.1, 0.15) is 26.2 Å². The third-order valence-corrected chi connectivity index (χ3v) is 2.16. The van der Waals surface area contributed by atoms with E-state index in [0.717, 1.165) is 19.6 Å². The lowest BCUT2D eigenvalue weighted by atomic mass is 10.2. The lowest BCUT2D eigenvalue weighted by molar-refractivity contribution is 0.0789. The molecule has 1 fully saturated rings. The molecule has 0 bridgehead atoms. The predicted molar refractivity (Wildman–Crippen MR) is 48.1 cm³/mol. The van der Waals surface area contributed by atoms with Crippen molar-refractivity contribution in [2.45, 2.75) is 38.3 Å². The van der Waals surface area contributed by atoms with E-state index in [0.29, 0.717) is 12.6 Å². The summed E-state index contributed by atoms with van der Waals surface area (Å²) in [6.45, 7) is 4.39. The number of aliphatic hydroxyl groups excluding tert-OH is 1. The number of rotatable bonds is 5. The number of hydrogen-bond donors (Lipinski definition) is 2. The summed E-state index contributed by atoms with van der Waals surface area (Å²) in [6.07, 6.45) is 3.01. The molecule has 0 aromatic rings. The standard InChI is InChI=1S/C9H19NO2/c1-8(11)4-6-12-7-9-3-2-5-10-9/h8-11H,2-7H2,1H3. The zero-order valence-corrected chi connectivity index (χ0v) is 7.75. The monoisotopic (exact) mass is 173 g/mol. The summed E-state index contributed by atoms with van der Waals surface area (Å²) in [5.41, 5.74) is 0. The molecule has 0 aliphatic carbocycles. The average Bonchev–Trinajstić information content (AvgIpc) is 2.49. The molecule has 1 heterocycles. The second-order valence-electron chi connectivity index (χ2n) is 3.51. The van der Waals surface area contributed by atoms with Crippen LogP contribution < -0.4 is 5.32 Å². The molecule has 0 radical (unpaired) electrons. The van der Waals surface area contributed by atoms with Gasteiger partial charge in [0, 0.05) is 12.6 Å². The maximum Gasteiger partial charge on any atom is 0.0619 e. The fourth-order valence-corrected chi connectivity index (χ4v) is 1.38. The van der Waals surface area contributed by atoms with Crippen molar-refractivity contribution in [3.63, 3.8) is 0 Å². The second kappa shape index (κ2) is 5.51. The third kappa shape index (κ3) is 4.04. The molecule has 0 amide bonds. The van der Waals surface area contributed by atoms with Gasteiger partial charge in [-0.05, 0) is 32.7 Å². The van der Waals surface area contributed by atoms with Gasteiger partial charge in [0.25, 0.3) is 0 Å². The molecule has 1 rings (SSSR count). The van der Waals surface area contributed by atoms with Gasteiger partial charge in [-0.1, -0.05) is 0 Å². The Kier molecular flexibility index (Phi) is 4.58. The number of aliphatic hydroxyl groups is 1. The maximum atomic E-state index is 8.95. The van der Waals surface area contributed by atoms with Gasteiger partial charge in [-0.2, -0.15) is 0 Å². The van der Waals surface area contributed by atoms with Gasteiger partial charge in [-0.15, -0.1) is 0 Å². The first-order valence-corrected chi connectivity index (χ1v) is 4.78. The Morgan fingerprint density at radius 3 is 3.08 bits per heavy atom. The molecule has 0 aromatic carbocycles. The molecule has 2 atom stereocenters. The van der Waals surface area contributed by atoms with Gasteiger partial charge in [0.1, 0.15) is 0 Å². The van der Waals surface area contributed by atoms with E-state index in [4.69, 9.17) is 9.84 Å². The maximum absolute atomic E-state index is 8.95. The van der Waals surface area contributed by atoms with Crippen molar-refractivity contribution in [2.75, 3.05) is 19.8 Å². The molecular formula is C9H19NO2. The summed E-state index contributed by atoms with van der Waals surface area (Å²) in [5.74, 6) is 0. The first kappa shape index (κ1) is 9.96. The van der Waals surface area contributed by atoms with Gasteiger partial charge in [0.15, 0.2) is 0 Å². The summed E-state index contributed by atoms with van der Waals surface area (Å²) in [6, 6.07) is 0.555. The van der Waals surface area contributed by atoms with Gasteiger partial charge in [-0.3, -0.25) is 0 Å². The summed E-state index contributed by atoms with van der Waals surface area (Å²) in [5, 5.41) is 12.3. The Balaban J connectivity index is 1.88. The minimum atomic E-state index is -0.235. The van der Waals surface area contributed by atoms with Gasteiger partial charge < -0.3 is 15.2 Å². The summed E-state index contributed by atoms with van der Waals surface area (Å²) < 4.78 is 5.41. The summed E-state index contributed by atoms with van der Waals surface area (Å²) in [4.78, 5) is 0. The van der Waals surface area contributed by atoms with E-state index in [2.05, 4.69) is 5.32 Å². The van der Waals surface area contributed by atoms with Crippen LogP contribution in [0, 0.1) is 0 Å². The topological polar surface area (TPSA) is 41.5 Å². The minimum absolute atomic E-state index is 0.235. The normalized spacial score (nSPS) is 26.0. The van der Waals surface area contributed by atoms with E-state index < -0.39 is 0 Å². The lowest BCUT2D eigenvalue weighted by Gasteiger charge is -2.11. The first-order chi connectivity index (χ1) is 5.79. The van der Waals surface area contributed by atoms with Crippen LogP contribution in [0.3, 0.4) is 0 Å². The van der Waals surface area contributed by atoms with E-state index in [-0.39, 0.29) is 6.10 Å². The molecule has 2 N–H and O–H groups in total. The molecule has 0 aromatic heterocycles. The van der Waals surface area contributed by atoms with Crippen LogP contribution >= 0.6 is 0 Å². The largest absolute Gasteiger partial charge is 0.393 e. The van der Waals surface area contributed by atoms with Gasteiger partial charge >= 0.3 is 0 Å². The molecule has 1 aliphatic rings. The zero-order chi connectivity index (χ0) is 8.81. The molecule has 12 heavy (non-hydrogen) atoms. The highest BCUT2D eigenvalue weighted by molar-refractivity contribution is 4.73. The van der Waals surface area contributed by atoms with E-state index in [1.54, 1.807) is 6.92 Å². The predicted octanol–water partition coefficient (Wildman–Crippen LogP) is 0.526. The highest BCUT2D eigenvalue weighted by atomic mass is 16.5. The Hall–Kier alpha value is -0.120. The Morgan fingerprint density at radius 1 is 1.67 bits per heavy atom. The van der Waals surface area contributed by atoms with Crippen LogP contribution in [-0.2, 0) is 4.74 Å². The highest BCUT2D eigenvalue weighted by Gasteiger charge is 2.13. The van der Waals surface area contributed by atoms with Crippen LogP contribution in [0.4, 0.5) is 0 Å². The third-order valence-electron chi connectivity index (χ3n) is 2.16. The molecular weight excluding hydrogens is 154 g/mol. The molecule has 1 aliphatic heterocycles. The quantitative estimate of drug-likeness (QED) is 0.596. The molecule has 72 valence electrons. The SMILES string of the molecule is CC(O)CCOCC1CCCN1. The van der Waals surface area contributed by atoms with Crippen molar-refractivity contribution in [3.05, 3.63) is 0 Å². The van der Waals surface area contributed by atoms with Crippen LogP contribution in [-0.4, -0.2) is 37.0 Å². The lowest BCUT2D eigenvalue weighted by Crippen LogP contribution is -2.27. The number of ether oxygens (including phenoxy) is 1. The van der Waals surface area contributed by atoms with Gasteiger partial charge in [-0.25, -0.2) is 0 Å². The average molecular weight is 173 g/mol. The van der Waals surface area contributed by atoms with Crippen molar-refractivity contribution < 1.29 is 9.84 Å². The summed E-state index contributed by atoms with van der Waals surface area (Å²) >= 11 is 0. The summed E-state index contributed by atoms with van der Waals surface area (Å²) in [7, 11) is 0. The molecule has 3 heteroatoms. The van der Waals surface area contributed by atoms with E-state index >= 15 is 0 Å². The molecule has 2 unspecified atom stereocenters. The second-order valence-corrected chi connectivity index (χ2v) is 3.51. The van der Waals surface area contributed by atoms with Gasteiger partial charge in [0.05, 0.1) is 12.7 Å². The van der Waals surface area contributed by atoms with E-state index in [1.807, 2.05) is 0 Å². The van der Waals surface area contributed by atoms with Crippen LogP contribution in [0.5, 0.6) is 0 Å². The fourth-order valence-electron chi connectivity index (χ4n) is 1.38. The smallest absolute Gasteiger partial charge is 0.0619 e. The molecule has 3 nitrogen and oxygen atoms in total. The number of hydrogen-bond acceptors (Lipinski definition) is 3. The molecule has 0 spiro atoms. The Morgan fingerprint density at radius 2 is 2.50 bits per heavy atom. The van der Waals surface area contributed by atoms with E-state index in [1.165, 1.54) is 12.8 Å². The van der Waals surface area contributed by atoms with Crippen molar-refractivity contribution >= 4 is 0 Å². The first-order valence-electron chi connectivity index (χ1n) is 4.78. The minimum Gasteiger partial charge on any atom is -0.393 e. The Labute approximate surface area is 74.1 Å². The Bertz CT molecular complexity index is 111. The van der Waals surface area contributed by atoms with Gasteiger partial charge in [0.2, 0.25) is 0 Å². The van der Waals surface area contributed by atoms with Crippen LogP contribution in [0.2, 0.25) is 0 Å². The van der Waals surface area contributed by atoms with Crippen LogP contribution in [0.15, 0.2) is 0 Å². The molecule has 1 saturated heterocycles. The zero-order valence-electron chi connectivity index (χ0n) is 7.75. The van der Waals surface area contributed by atoms with Crippen molar-refractivity contribution in [2.24, 2.45) is 0 Å². The van der Waals surface area contributed by atoms with Crippen molar-refractivity contribution in [1.82, 2.24) is 5.32 Å². The number of nitrogens with one attached hydrogen (secondary N) is 1.